The van der Waals surface area contributed by atoms with E-state index in [1.807, 2.05) is 12.1 Å². The average Bonchev–Trinajstić information content (AvgIpc) is 2.69. The van der Waals surface area contributed by atoms with E-state index in [0.29, 0.717) is 27.9 Å². The molecular weight excluding hydrogens is 469 g/mol. The summed E-state index contributed by atoms with van der Waals surface area (Å²) in [4.78, 5) is 0. The Balaban J connectivity index is 1.31. The van der Waals surface area contributed by atoms with Crippen LogP contribution >= 0.6 is 15.9 Å². The van der Waals surface area contributed by atoms with Gasteiger partial charge in [-0.05, 0) is 95.0 Å². The highest BCUT2D eigenvalue weighted by Crippen LogP contribution is 2.66. The normalized spacial score (nSPS) is 32.8. The monoisotopic (exact) mass is 501 g/mol. The van der Waals surface area contributed by atoms with Crippen molar-refractivity contribution in [1.82, 2.24) is 5.32 Å². The van der Waals surface area contributed by atoms with Crippen molar-refractivity contribution < 1.29 is 13.9 Å². The lowest BCUT2D eigenvalue weighted by Crippen LogP contribution is -2.63. The lowest BCUT2D eigenvalue weighted by atomic mass is 9.43. The number of benzene rings is 2. The number of hydrogen-bond donors (Lipinski definition) is 1. The fourth-order valence-electron chi connectivity index (χ4n) is 7.72. The molecule has 6 rings (SSSR count). The Hall–Kier alpha value is -1.59. The molecule has 32 heavy (non-hydrogen) atoms. The SMILES string of the molecule is COc1cc(CNC23CC4CC(C)(CC(C)(C4)C2)C3)cc(Br)c1OCc1ccccc1F. The first-order valence-electron chi connectivity index (χ1n) is 11.7. The summed E-state index contributed by atoms with van der Waals surface area (Å²) in [5.74, 6) is 1.87. The van der Waals surface area contributed by atoms with Crippen LogP contribution < -0.4 is 14.8 Å². The standard InChI is InChI=1S/C27H33BrFNO2/c1-25-10-19-11-26(2,15-25)17-27(12-19,16-25)30-13-18-8-21(28)24(23(9-18)31-3)32-14-20-6-4-5-7-22(20)29/h4-9,19,30H,10-17H2,1-3H3. The van der Waals surface area contributed by atoms with Crippen LogP contribution in [0.1, 0.15) is 63.5 Å². The molecule has 5 heteroatoms. The maximum Gasteiger partial charge on any atom is 0.175 e. The zero-order valence-corrected chi connectivity index (χ0v) is 20.9. The number of hydrogen-bond acceptors (Lipinski definition) is 3. The number of rotatable bonds is 7. The van der Waals surface area contributed by atoms with Gasteiger partial charge in [0, 0.05) is 17.6 Å². The van der Waals surface area contributed by atoms with Crippen LogP contribution in [0, 0.1) is 22.6 Å². The first-order valence-corrected chi connectivity index (χ1v) is 12.5. The van der Waals surface area contributed by atoms with Crippen LogP contribution in [-0.2, 0) is 13.2 Å². The molecule has 2 unspecified atom stereocenters. The van der Waals surface area contributed by atoms with Crippen molar-refractivity contribution in [3.63, 3.8) is 0 Å². The number of methoxy groups -OCH3 is 1. The highest BCUT2D eigenvalue weighted by Gasteiger charge is 2.59. The third kappa shape index (κ3) is 4.19. The van der Waals surface area contributed by atoms with Gasteiger partial charge in [0.15, 0.2) is 11.5 Å². The van der Waals surface area contributed by atoms with Gasteiger partial charge in [0.25, 0.3) is 0 Å². The molecule has 1 N–H and O–H groups in total. The second-order valence-electron chi connectivity index (χ2n) is 11.3. The highest BCUT2D eigenvalue weighted by atomic mass is 79.9. The smallest absolute Gasteiger partial charge is 0.175 e. The first kappa shape index (κ1) is 22.2. The zero-order valence-electron chi connectivity index (χ0n) is 19.3. The molecule has 2 aromatic rings. The average molecular weight is 502 g/mol. The van der Waals surface area contributed by atoms with Gasteiger partial charge in [-0.25, -0.2) is 4.39 Å². The van der Waals surface area contributed by atoms with Crippen molar-refractivity contribution in [3.8, 4) is 11.5 Å². The van der Waals surface area contributed by atoms with E-state index in [2.05, 4.69) is 41.2 Å². The molecule has 2 atom stereocenters. The van der Waals surface area contributed by atoms with Crippen molar-refractivity contribution in [2.75, 3.05) is 7.11 Å². The Morgan fingerprint density at radius 1 is 1.06 bits per heavy atom. The lowest BCUT2D eigenvalue weighted by Gasteiger charge is -2.65. The van der Waals surface area contributed by atoms with Crippen LogP contribution in [0.25, 0.3) is 0 Å². The van der Waals surface area contributed by atoms with Gasteiger partial charge in [-0.3, -0.25) is 0 Å². The van der Waals surface area contributed by atoms with E-state index in [9.17, 15) is 4.39 Å². The number of nitrogens with one attached hydrogen (secondary N) is 1. The minimum absolute atomic E-state index is 0.154. The molecule has 3 nitrogen and oxygen atoms in total. The summed E-state index contributed by atoms with van der Waals surface area (Å²) in [6.45, 7) is 5.98. The first-order chi connectivity index (χ1) is 15.2. The van der Waals surface area contributed by atoms with Crippen LogP contribution in [0.3, 0.4) is 0 Å². The Kier molecular flexibility index (Phi) is 5.57. The second-order valence-corrected chi connectivity index (χ2v) is 12.1. The third-order valence-electron chi connectivity index (χ3n) is 7.91. The molecule has 4 fully saturated rings. The molecule has 0 saturated heterocycles. The van der Waals surface area contributed by atoms with Crippen molar-refractivity contribution in [1.29, 1.82) is 0 Å². The van der Waals surface area contributed by atoms with Gasteiger partial charge in [0.05, 0.1) is 11.6 Å². The number of halogens is 2. The van der Waals surface area contributed by atoms with E-state index in [4.69, 9.17) is 9.47 Å². The van der Waals surface area contributed by atoms with Crippen LogP contribution in [0.2, 0.25) is 0 Å². The van der Waals surface area contributed by atoms with Gasteiger partial charge in [-0.1, -0.05) is 32.0 Å². The van der Waals surface area contributed by atoms with Crippen molar-refractivity contribution in [2.24, 2.45) is 16.7 Å². The summed E-state index contributed by atoms with van der Waals surface area (Å²) < 4.78 is 26.4. The summed E-state index contributed by atoms with van der Waals surface area (Å²) in [5, 5.41) is 3.99. The van der Waals surface area contributed by atoms with Crippen LogP contribution in [0.5, 0.6) is 11.5 Å². The van der Waals surface area contributed by atoms with Gasteiger partial charge in [0.2, 0.25) is 0 Å². The Morgan fingerprint density at radius 3 is 2.44 bits per heavy atom. The third-order valence-corrected chi connectivity index (χ3v) is 8.50. The van der Waals surface area contributed by atoms with Gasteiger partial charge in [-0.2, -0.15) is 0 Å². The molecule has 4 aliphatic rings. The minimum atomic E-state index is -0.263. The topological polar surface area (TPSA) is 30.5 Å². The van der Waals surface area contributed by atoms with Gasteiger partial charge in [0.1, 0.15) is 12.4 Å². The number of ether oxygens (including phenoxy) is 2. The Labute approximate surface area is 199 Å². The van der Waals surface area contributed by atoms with Crippen LogP contribution in [-0.4, -0.2) is 12.6 Å². The molecule has 0 aromatic heterocycles. The Bertz CT molecular complexity index is 1010. The molecule has 4 aliphatic carbocycles. The molecule has 0 heterocycles. The second kappa shape index (κ2) is 8.02. The van der Waals surface area contributed by atoms with Crippen LogP contribution in [0.15, 0.2) is 40.9 Å². The van der Waals surface area contributed by atoms with E-state index in [1.165, 1.54) is 44.6 Å². The van der Waals surface area contributed by atoms with E-state index in [1.54, 1.807) is 19.2 Å². The molecule has 4 bridgehead atoms. The highest BCUT2D eigenvalue weighted by molar-refractivity contribution is 9.10. The molecule has 4 saturated carbocycles. The molecule has 2 aromatic carbocycles. The largest absolute Gasteiger partial charge is 0.493 e. The lowest BCUT2D eigenvalue weighted by molar-refractivity contribution is -0.118. The van der Waals surface area contributed by atoms with Gasteiger partial charge >= 0.3 is 0 Å². The van der Waals surface area contributed by atoms with E-state index in [0.717, 1.165) is 22.5 Å². The van der Waals surface area contributed by atoms with Crippen molar-refractivity contribution in [3.05, 3.63) is 57.8 Å². The van der Waals surface area contributed by atoms with Crippen molar-refractivity contribution in [2.45, 2.75) is 71.1 Å². The molecule has 0 radical (unpaired) electrons. The molecule has 0 amide bonds. The summed E-state index contributed by atoms with van der Waals surface area (Å²) in [6.07, 6.45) is 8.06. The molecular formula is C27H33BrFNO2. The molecule has 0 aliphatic heterocycles. The molecule has 172 valence electrons. The van der Waals surface area contributed by atoms with Crippen LogP contribution in [0.4, 0.5) is 4.39 Å². The zero-order chi connectivity index (χ0) is 22.6. The minimum Gasteiger partial charge on any atom is -0.493 e. The molecule has 0 spiro atoms. The Morgan fingerprint density at radius 2 is 1.78 bits per heavy atom. The summed E-state index contributed by atoms with van der Waals surface area (Å²) in [7, 11) is 1.65. The van der Waals surface area contributed by atoms with Crippen molar-refractivity contribution >= 4 is 15.9 Å². The van der Waals surface area contributed by atoms with E-state index < -0.39 is 0 Å². The summed E-state index contributed by atoms with van der Waals surface area (Å²) >= 11 is 3.66. The fraction of sp³-hybridized carbons (Fsp3) is 0.556. The maximum atomic E-state index is 14.0. The summed E-state index contributed by atoms with van der Waals surface area (Å²) in [5.41, 5.74) is 2.92. The predicted octanol–water partition coefficient (Wildman–Crippen LogP) is 7.01. The van der Waals surface area contributed by atoms with E-state index in [-0.39, 0.29) is 18.0 Å². The van der Waals surface area contributed by atoms with E-state index >= 15 is 0 Å². The fourth-order valence-corrected chi connectivity index (χ4v) is 8.32. The quantitative estimate of drug-likeness (QED) is 0.442. The maximum absolute atomic E-state index is 14.0. The van der Waals surface area contributed by atoms with Gasteiger partial charge in [-0.15, -0.1) is 0 Å². The van der Waals surface area contributed by atoms with Gasteiger partial charge < -0.3 is 14.8 Å². The predicted molar refractivity (Wildman–Crippen MR) is 128 cm³/mol. The summed E-state index contributed by atoms with van der Waals surface area (Å²) in [6, 6.07) is 10.8.